The number of aliphatic imine (C=N–C) groups is 1. The van der Waals surface area contributed by atoms with E-state index >= 15 is 0 Å². The minimum Gasteiger partial charge on any atom is -0.211 e. The molecule has 6 heteroatoms. The lowest BCUT2D eigenvalue weighted by atomic mass is 10.2. The van der Waals surface area contributed by atoms with Gasteiger partial charge in [-0.1, -0.05) is 17.7 Å². The van der Waals surface area contributed by atoms with Crippen LogP contribution in [0, 0.1) is 0 Å². The van der Waals surface area contributed by atoms with Crippen molar-refractivity contribution >= 4 is 23.4 Å². The summed E-state index contributed by atoms with van der Waals surface area (Å²) in [6, 6.07) is 3.14. The molecule has 0 radical (unpaired) electrons. The van der Waals surface area contributed by atoms with Gasteiger partial charge in [0, 0.05) is 0 Å². The number of rotatable bonds is 1. The lowest BCUT2D eigenvalue weighted by Crippen LogP contribution is -2.05. The van der Waals surface area contributed by atoms with Gasteiger partial charge in [-0.25, -0.2) is 4.79 Å². The summed E-state index contributed by atoms with van der Waals surface area (Å²) in [5.74, 6) is 0. The van der Waals surface area contributed by atoms with Crippen molar-refractivity contribution in [1.82, 2.24) is 0 Å². The number of hydrogen-bond donors (Lipinski definition) is 0. The van der Waals surface area contributed by atoms with Crippen molar-refractivity contribution in [2.45, 2.75) is 6.18 Å². The number of carbonyl (C=O) groups excluding carboxylic acids is 1. The van der Waals surface area contributed by atoms with Gasteiger partial charge in [-0.2, -0.15) is 18.2 Å². The lowest BCUT2D eigenvalue weighted by Gasteiger charge is -2.09. The van der Waals surface area contributed by atoms with Crippen LogP contribution < -0.4 is 0 Å². The maximum atomic E-state index is 12.3. The average Bonchev–Trinajstić information content (AvgIpc) is 2.07. The molecule has 0 aliphatic carbocycles. The summed E-state index contributed by atoms with van der Waals surface area (Å²) < 4.78 is 36.9. The number of hydrogen-bond acceptors (Lipinski definition) is 2. The Kier molecular flexibility index (Phi) is 2.93. The molecule has 0 N–H and O–H groups in total. The molecule has 2 nitrogen and oxygen atoms in total. The van der Waals surface area contributed by atoms with E-state index in [0.717, 1.165) is 18.2 Å². The maximum Gasteiger partial charge on any atom is 0.418 e. The highest BCUT2D eigenvalue weighted by molar-refractivity contribution is 6.33. The molecule has 0 amide bonds. The summed E-state index contributed by atoms with van der Waals surface area (Å²) in [6.45, 7) is 0. The summed E-state index contributed by atoms with van der Waals surface area (Å²) >= 11 is 5.44. The normalized spacial score (nSPS) is 10.9. The van der Waals surface area contributed by atoms with Crippen LogP contribution in [0.4, 0.5) is 18.9 Å². The summed E-state index contributed by atoms with van der Waals surface area (Å²) in [5.41, 5.74) is -1.65. The molecular weight excluding hydrogens is 219 g/mol. The van der Waals surface area contributed by atoms with E-state index in [1.54, 1.807) is 0 Å². The Balaban J connectivity index is 3.43. The van der Waals surface area contributed by atoms with Crippen molar-refractivity contribution in [2.24, 2.45) is 4.99 Å². The fraction of sp³-hybridized carbons (Fsp3) is 0.125. The number of isocyanates is 1. The number of benzene rings is 1. The van der Waals surface area contributed by atoms with E-state index in [4.69, 9.17) is 11.6 Å². The van der Waals surface area contributed by atoms with Crippen molar-refractivity contribution in [1.29, 1.82) is 0 Å². The Bertz CT molecular complexity index is 396. The highest BCUT2D eigenvalue weighted by atomic mass is 35.5. The van der Waals surface area contributed by atoms with Crippen molar-refractivity contribution < 1.29 is 18.0 Å². The molecule has 0 aliphatic rings. The third-order valence-electron chi connectivity index (χ3n) is 1.45. The number of alkyl halides is 3. The van der Waals surface area contributed by atoms with Crippen LogP contribution in [0.25, 0.3) is 0 Å². The Morgan fingerprint density at radius 3 is 2.50 bits per heavy atom. The van der Waals surface area contributed by atoms with Crippen LogP contribution in [0.2, 0.25) is 5.02 Å². The second kappa shape index (κ2) is 3.82. The van der Waals surface area contributed by atoms with E-state index in [-0.39, 0.29) is 5.02 Å². The van der Waals surface area contributed by atoms with Crippen LogP contribution in [0.15, 0.2) is 23.2 Å². The minimum absolute atomic E-state index is 0.233. The Labute approximate surface area is 82.0 Å². The first-order valence-corrected chi connectivity index (χ1v) is 3.78. The SMILES string of the molecule is O=C=Nc1c(Cl)cccc1C(F)(F)F. The van der Waals surface area contributed by atoms with E-state index in [1.807, 2.05) is 0 Å². The fourth-order valence-corrected chi connectivity index (χ4v) is 1.12. The molecule has 1 aromatic rings. The van der Waals surface area contributed by atoms with E-state index in [1.165, 1.54) is 6.07 Å². The fourth-order valence-electron chi connectivity index (χ4n) is 0.903. The van der Waals surface area contributed by atoms with Gasteiger partial charge in [0.2, 0.25) is 6.08 Å². The molecule has 0 saturated heterocycles. The summed E-state index contributed by atoms with van der Waals surface area (Å²) in [7, 11) is 0. The molecule has 0 heterocycles. The van der Waals surface area contributed by atoms with Gasteiger partial charge in [-0.15, -0.1) is 0 Å². The second-order valence-corrected chi connectivity index (χ2v) is 2.74. The van der Waals surface area contributed by atoms with Gasteiger partial charge < -0.3 is 0 Å². The number of nitrogens with zero attached hydrogens (tertiary/aromatic N) is 1. The van der Waals surface area contributed by atoms with Crippen LogP contribution in [-0.2, 0) is 11.0 Å². The van der Waals surface area contributed by atoms with Gasteiger partial charge in [0.1, 0.15) is 5.69 Å². The van der Waals surface area contributed by atoms with Gasteiger partial charge in [0.15, 0.2) is 0 Å². The molecule has 0 saturated carbocycles. The smallest absolute Gasteiger partial charge is 0.211 e. The molecule has 0 unspecified atom stereocenters. The summed E-state index contributed by atoms with van der Waals surface area (Å²) in [4.78, 5) is 12.8. The molecule has 0 spiro atoms. The van der Waals surface area contributed by atoms with Gasteiger partial charge in [-0.3, -0.25) is 0 Å². The molecule has 1 aromatic carbocycles. The van der Waals surface area contributed by atoms with E-state index in [0.29, 0.717) is 0 Å². The molecule has 0 aliphatic heterocycles. The largest absolute Gasteiger partial charge is 0.418 e. The number of para-hydroxylation sites is 1. The third kappa shape index (κ3) is 2.13. The monoisotopic (exact) mass is 221 g/mol. The highest BCUT2D eigenvalue weighted by Crippen LogP contribution is 2.39. The minimum atomic E-state index is -4.58. The predicted octanol–water partition coefficient (Wildman–Crippen LogP) is 3.33. The van der Waals surface area contributed by atoms with Crippen LogP contribution in [0.1, 0.15) is 5.56 Å². The van der Waals surface area contributed by atoms with Crippen molar-refractivity contribution in [3.05, 3.63) is 28.8 Å². The third-order valence-corrected chi connectivity index (χ3v) is 1.75. The molecule has 0 bridgehead atoms. The first-order valence-electron chi connectivity index (χ1n) is 3.40. The molecular formula is C8H3ClF3NO. The summed E-state index contributed by atoms with van der Waals surface area (Å²) in [5, 5.41) is -0.233. The van der Waals surface area contributed by atoms with E-state index in [9.17, 15) is 18.0 Å². The number of halogens is 4. The first-order chi connectivity index (χ1) is 6.46. The second-order valence-electron chi connectivity index (χ2n) is 2.34. The van der Waals surface area contributed by atoms with Crippen LogP contribution in [0.3, 0.4) is 0 Å². The first kappa shape index (κ1) is 10.8. The van der Waals surface area contributed by atoms with Crippen LogP contribution in [0.5, 0.6) is 0 Å². The van der Waals surface area contributed by atoms with Crippen molar-refractivity contribution in [2.75, 3.05) is 0 Å². The lowest BCUT2D eigenvalue weighted by molar-refractivity contribution is -0.137. The van der Waals surface area contributed by atoms with Gasteiger partial charge in [0.05, 0.1) is 10.6 Å². The van der Waals surface area contributed by atoms with Gasteiger partial charge >= 0.3 is 6.18 Å². The topological polar surface area (TPSA) is 29.4 Å². The zero-order valence-electron chi connectivity index (χ0n) is 6.60. The molecule has 74 valence electrons. The quantitative estimate of drug-likeness (QED) is 0.528. The Morgan fingerprint density at radius 1 is 1.36 bits per heavy atom. The highest BCUT2D eigenvalue weighted by Gasteiger charge is 2.34. The molecule has 1 rings (SSSR count). The van der Waals surface area contributed by atoms with E-state index in [2.05, 4.69) is 4.99 Å². The Morgan fingerprint density at radius 2 is 2.00 bits per heavy atom. The van der Waals surface area contributed by atoms with Crippen molar-refractivity contribution in [3.8, 4) is 0 Å². The van der Waals surface area contributed by atoms with Crippen molar-refractivity contribution in [3.63, 3.8) is 0 Å². The standard InChI is InChI=1S/C8H3ClF3NO/c9-6-3-1-2-5(8(10,11)12)7(6)13-4-14/h1-3H. The van der Waals surface area contributed by atoms with Crippen LogP contribution in [-0.4, -0.2) is 6.08 Å². The van der Waals surface area contributed by atoms with E-state index < -0.39 is 17.4 Å². The van der Waals surface area contributed by atoms with Gasteiger partial charge in [-0.05, 0) is 12.1 Å². The zero-order chi connectivity index (χ0) is 10.8. The molecule has 0 fully saturated rings. The van der Waals surface area contributed by atoms with Crippen LogP contribution >= 0.6 is 11.6 Å². The Hall–Kier alpha value is -1.32. The molecule has 14 heavy (non-hydrogen) atoms. The van der Waals surface area contributed by atoms with Gasteiger partial charge in [0.25, 0.3) is 0 Å². The molecule has 0 aromatic heterocycles. The maximum absolute atomic E-state index is 12.3. The average molecular weight is 222 g/mol. The predicted molar refractivity (Wildman–Crippen MR) is 44.2 cm³/mol. The summed E-state index contributed by atoms with van der Waals surface area (Å²) in [6.07, 6.45) is -3.55. The zero-order valence-corrected chi connectivity index (χ0v) is 7.36. The molecule has 0 atom stereocenters.